The van der Waals surface area contributed by atoms with E-state index in [1.807, 2.05) is 18.2 Å². The normalized spacial score (nSPS) is 15.6. The van der Waals surface area contributed by atoms with Crippen LogP contribution in [-0.4, -0.2) is 30.7 Å². The van der Waals surface area contributed by atoms with E-state index in [0.717, 1.165) is 17.7 Å². The number of halogens is 1. The van der Waals surface area contributed by atoms with Crippen molar-refractivity contribution in [2.45, 2.75) is 25.9 Å². The number of likely N-dealkylation sites (N-methyl/N-ethyl adjacent to an activating group) is 1. The van der Waals surface area contributed by atoms with Crippen LogP contribution in [0.15, 0.2) is 52.4 Å². The van der Waals surface area contributed by atoms with Gasteiger partial charge in [0.2, 0.25) is 6.41 Å². The molecule has 0 aliphatic carbocycles. The van der Waals surface area contributed by atoms with E-state index >= 15 is 0 Å². The molecule has 0 saturated carbocycles. The first-order valence-corrected chi connectivity index (χ1v) is 7.77. The summed E-state index contributed by atoms with van der Waals surface area (Å²) in [4.78, 5) is 10.5. The quantitative estimate of drug-likeness (QED) is 0.754. The molecule has 2 rings (SSSR count). The summed E-state index contributed by atoms with van der Waals surface area (Å²) in [6.07, 6.45) is 3.22. The molecule has 23 heavy (non-hydrogen) atoms. The molecular weight excluding hydrogens is 312 g/mol. The van der Waals surface area contributed by atoms with Gasteiger partial charge in [-0.15, -0.1) is 0 Å². The van der Waals surface area contributed by atoms with E-state index in [1.54, 1.807) is 18.3 Å². The van der Waals surface area contributed by atoms with Gasteiger partial charge in [-0.3, -0.25) is 9.80 Å². The molecule has 1 aromatic rings. The standard InChI is InChI=1S/C17H21ClN4O/c1-12(21-16-10-20-22(3)13(2)17(16)18)8-14-6-4-5-7-15(14)9-19-11-23/h4-7,10-12,21H,2,8-9H2,1,3H3,(H,19,23). The second kappa shape index (κ2) is 7.83. The summed E-state index contributed by atoms with van der Waals surface area (Å²) >= 11 is 6.31. The molecule has 0 saturated heterocycles. The highest BCUT2D eigenvalue weighted by molar-refractivity contribution is 6.33. The Morgan fingerprint density at radius 3 is 2.78 bits per heavy atom. The van der Waals surface area contributed by atoms with Crippen molar-refractivity contribution < 1.29 is 4.79 Å². The van der Waals surface area contributed by atoms with Crippen LogP contribution in [0.1, 0.15) is 18.1 Å². The fourth-order valence-electron chi connectivity index (χ4n) is 2.40. The van der Waals surface area contributed by atoms with Gasteiger partial charge in [-0.2, -0.15) is 5.10 Å². The summed E-state index contributed by atoms with van der Waals surface area (Å²) in [5.74, 6) is 0. The van der Waals surface area contributed by atoms with Crippen molar-refractivity contribution in [1.29, 1.82) is 0 Å². The molecule has 1 aromatic carbocycles. The molecule has 0 radical (unpaired) electrons. The summed E-state index contributed by atoms with van der Waals surface area (Å²) in [7, 11) is 1.80. The Morgan fingerprint density at radius 2 is 2.09 bits per heavy atom. The Hall–Kier alpha value is -2.27. The molecule has 2 N–H and O–H groups in total. The zero-order valence-corrected chi connectivity index (χ0v) is 14.1. The zero-order chi connectivity index (χ0) is 16.8. The third-order valence-corrected chi connectivity index (χ3v) is 4.08. The first-order chi connectivity index (χ1) is 11.0. The second-order valence-corrected chi connectivity index (χ2v) is 5.84. The number of allylic oxidation sites excluding steroid dienone is 2. The van der Waals surface area contributed by atoms with Crippen LogP contribution in [0.25, 0.3) is 0 Å². The van der Waals surface area contributed by atoms with Gasteiger partial charge in [0, 0.05) is 19.6 Å². The smallest absolute Gasteiger partial charge is 0.207 e. The van der Waals surface area contributed by atoms with Crippen molar-refractivity contribution in [3.63, 3.8) is 0 Å². The van der Waals surface area contributed by atoms with Crippen molar-refractivity contribution in [2.75, 3.05) is 7.05 Å². The molecule has 0 fully saturated rings. The van der Waals surface area contributed by atoms with Crippen molar-refractivity contribution in [1.82, 2.24) is 15.6 Å². The Kier molecular flexibility index (Phi) is 5.82. The fraction of sp³-hybridized carbons (Fsp3) is 0.294. The largest absolute Gasteiger partial charge is 0.380 e. The van der Waals surface area contributed by atoms with Crippen molar-refractivity contribution in [3.05, 3.63) is 58.4 Å². The van der Waals surface area contributed by atoms with Crippen LogP contribution in [0, 0.1) is 0 Å². The number of amides is 1. The van der Waals surface area contributed by atoms with Crippen LogP contribution in [0.2, 0.25) is 0 Å². The predicted molar refractivity (Wildman–Crippen MR) is 93.9 cm³/mol. The number of carbonyl (C=O) groups excluding carboxylic acids is 1. The summed E-state index contributed by atoms with van der Waals surface area (Å²) in [6, 6.07) is 8.20. The van der Waals surface area contributed by atoms with Gasteiger partial charge in [-0.1, -0.05) is 42.4 Å². The number of benzene rings is 1. The highest BCUT2D eigenvalue weighted by Crippen LogP contribution is 2.23. The number of rotatable bonds is 7. The van der Waals surface area contributed by atoms with Gasteiger partial charge in [-0.25, -0.2) is 0 Å². The molecule has 1 amide bonds. The minimum Gasteiger partial charge on any atom is -0.380 e. The molecule has 1 atom stereocenters. The minimum atomic E-state index is 0.152. The van der Waals surface area contributed by atoms with Crippen LogP contribution in [0.4, 0.5) is 0 Å². The molecule has 122 valence electrons. The molecule has 0 aromatic heterocycles. The van der Waals surface area contributed by atoms with Crippen molar-refractivity contribution in [2.24, 2.45) is 5.10 Å². The Morgan fingerprint density at radius 1 is 1.39 bits per heavy atom. The van der Waals surface area contributed by atoms with Crippen LogP contribution in [-0.2, 0) is 17.8 Å². The lowest BCUT2D eigenvalue weighted by atomic mass is 10.0. The minimum absolute atomic E-state index is 0.152. The molecule has 6 heteroatoms. The predicted octanol–water partition coefficient (Wildman–Crippen LogP) is 2.35. The molecular formula is C17H21ClN4O. The zero-order valence-electron chi connectivity index (χ0n) is 13.3. The van der Waals surface area contributed by atoms with E-state index in [1.165, 1.54) is 5.56 Å². The number of nitrogens with one attached hydrogen (secondary N) is 2. The van der Waals surface area contributed by atoms with Gasteiger partial charge in [0.1, 0.15) is 0 Å². The number of carbonyl (C=O) groups is 1. The van der Waals surface area contributed by atoms with Crippen LogP contribution < -0.4 is 10.6 Å². The van der Waals surface area contributed by atoms with Crippen molar-refractivity contribution >= 4 is 24.2 Å². The van der Waals surface area contributed by atoms with Gasteiger partial charge < -0.3 is 10.6 Å². The van der Waals surface area contributed by atoms with Gasteiger partial charge in [0.25, 0.3) is 0 Å². The summed E-state index contributed by atoms with van der Waals surface area (Å²) in [5.41, 5.74) is 3.72. The summed E-state index contributed by atoms with van der Waals surface area (Å²) in [6.45, 7) is 6.51. The van der Waals surface area contributed by atoms with E-state index in [2.05, 4.69) is 35.3 Å². The third kappa shape index (κ3) is 4.36. The van der Waals surface area contributed by atoms with E-state index in [0.29, 0.717) is 23.7 Å². The van der Waals surface area contributed by atoms with E-state index in [9.17, 15) is 4.79 Å². The Balaban J connectivity index is 2.06. The van der Waals surface area contributed by atoms with E-state index < -0.39 is 0 Å². The van der Waals surface area contributed by atoms with Gasteiger partial charge >= 0.3 is 0 Å². The summed E-state index contributed by atoms with van der Waals surface area (Å²) < 4.78 is 0. The summed E-state index contributed by atoms with van der Waals surface area (Å²) in [5, 5.41) is 12.5. The molecule has 5 nitrogen and oxygen atoms in total. The maximum Gasteiger partial charge on any atom is 0.207 e. The van der Waals surface area contributed by atoms with E-state index in [4.69, 9.17) is 11.6 Å². The fourth-order valence-corrected chi connectivity index (χ4v) is 2.62. The molecule has 1 aliphatic heterocycles. The maximum atomic E-state index is 10.5. The second-order valence-electron chi connectivity index (χ2n) is 5.46. The average Bonchev–Trinajstić information content (AvgIpc) is 2.54. The number of hydrogen-bond acceptors (Lipinski definition) is 4. The molecule has 1 unspecified atom stereocenters. The van der Waals surface area contributed by atoms with Crippen LogP contribution in [0.5, 0.6) is 0 Å². The molecule has 0 bridgehead atoms. The number of nitrogens with zero attached hydrogens (tertiary/aromatic N) is 2. The Labute approximate surface area is 141 Å². The van der Waals surface area contributed by atoms with Crippen LogP contribution >= 0.6 is 11.6 Å². The monoisotopic (exact) mass is 332 g/mol. The maximum absolute atomic E-state index is 10.5. The number of hydrogen-bond donors (Lipinski definition) is 2. The third-order valence-electron chi connectivity index (χ3n) is 3.66. The molecule has 1 heterocycles. The molecule has 0 spiro atoms. The lowest BCUT2D eigenvalue weighted by Gasteiger charge is -2.25. The van der Waals surface area contributed by atoms with Gasteiger partial charge in [0.05, 0.1) is 22.6 Å². The highest BCUT2D eigenvalue weighted by Gasteiger charge is 2.17. The van der Waals surface area contributed by atoms with Crippen LogP contribution in [0.3, 0.4) is 0 Å². The Bertz CT molecular complexity index is 654. The van der Waals surface area contributed by atoms with E-state index in [-0.39, 0.29) is 6.04 Å². The first kappa shape index (κ1) is 17.1. The van der Waals surface area contributed by atoms with Gasteiger partial charge in [-0.05, 0) is 24.5 Å². The lowest BCUT2D eigenvalue weighted by Crippen LogP contribution is -2.32. The molecule has 1 aliphatic rings. The topological polar surface area (TPSA) is 56.7 Å². The number of hydrazone groups is 1. The highest BCUT2D eigenvalue weighted by atomic mass is 35.5. The van der Waals surface area contributed by atoms with Gasteiger partial charge in [0.15, 0.2) is 0 Å². The lowest BCUT2D eigenvalue weighted by molar-refractivity contribution is -0.109. The average molecular weight is 333 g/mol. The van der Waals surface area contributed by atoms with Crippen molar-refractivity contribution in [3.8, 4) is 0 Å². The SMILES string of the molecule is C=C1C(Cl)=C(NC(C)Cc2ccccc2CNC=O)C=NN1C. The first-order valence-electron chi connectivity index (χ1n) is 7.40.